The maximum Gasteiger partial charge on any atom is 0.0634 e. The van der Waals surface area contributed by atoms with E-state index in [1.165, 1.54) is 58.8 Å². The summed E-state index contributed by atoms with van der Waals surface area (Å²) in [6.45, 7) is 0. The van der Waals surface area contributed by atoms with Crippen LogP contribution in [0.3, 0.4) is 0 Å². The lowest BCUT2D eigenvalue weighted by Gasteiger charge is -2.09. The van der Waals surface area contributed by atoms with Gasteiger partial charge in [0.2, 0.25) is 0 Å². The van der Waals surface area contributed by atoms with Crippen molar-refractivity contribution in [3.8, 4) is 16.8 Å². The Balaban J connectivity index is 1.68. The van der Waals surface area contributed by atoms with Crippen molar-refractivity contribution in [2.75, 3.05) is 0 Å². The molecule has 156 valence electrons. The maximum absolute atomic E-state index is 3.69. The van der Waals surface area contributed by atoms with Gasteiger partial charge in [-0.25, -0.2) is 0 Å². The molecule has 1 nitrogen and oxygen atoms in total. The lowest BCUT2D eigenvalue weighted by molar-refractivity contribution is 1.19. The Hall–Kier alpha value is -3.40. The highest BCUT2D eigenvalue weighted by Gasteiger charge is 2.18. The van der Waals surface area contributed by atoms with Crippen molar-refractivity contribution in [3.63, 3.8) is 0 Å². The van der Waals surface area contributed by atoms with E-state index in [0.717, 1.165) is 4.47 Å². The van der Waals surface area contributed by atoms with Crippen LogP contribution in [0.2, 0.25) is 0 Å². The van der Waals surface area contributed by atoms with E-state index >= 15 is 0 Å². The Morgan fingerprint density at radius 2 is 1.33 bits per heavy atom. The maximum atomic E-state index is 3.69. The van der Waals surface area contributed by atoms with E-state index in [9.17, 15) is 0 Å². The molecule has 0 saturated carbocycles. The van der Waals surface area contributed by atoms with Crippen molar-refractivity contribution in [2.24, 2.45) is 0 Å². The predicted molar refractivity (Wildman–Crippen MR) is 147 cm³/mol. The zero-order valence-corrected chi connectivity index (χ0v) is 20.0. The lowest BCUT2D eigenvalue weighted by Crippen LogP contribution is -1.93. The van der Waals surface area contributed by atoms with E-state index in [0.29, 0.717) is 0 Å². The number of nitrogens with zero attached hydrogens (tertiary/aromatic N) is 1. The number of aromatic nitrogens is 1. The van der Waals surface area contributed by atoms with Gasteiger partial charge in [-0.3, -0.25) is 0 Å². The summed E-state index contributed by atoms with van der Waals surface area (Å²) in [4.78, 5) is 0. The van der Waals surface area contributed by atoms with Gasteiger partial charge in [0, 0.05) is 41.1 Å². The lowest BCUT2D eigenvalue weighted by atomic mass is 10.0. The van der Waals surface area contributed by atoms with Crippen LogP contribution < -0.4 is 0 Å². The average Bonchev–Trinajstić information content (AvgIpc) is 3.39. The summed E-state index contributed by atoms with van der Waals surface area (Å²) in [7, 11) is 0. The molecule has 0 unspecified atom stereocenters. The molecule has 0 radical (unpaired) electrons. The van der Waals surface area contributed by atoms with E-state index in [2.05, 4.69) is 130 Å². The van der Waals surface area contributed by atoms with E-state index in [1.54, 1.807) is 0 Å². The molecule has 7 rings (SSSR count). The highest BCUT2D eigenvalue weighted by atomic mass is 79.9. The van der Waals surface area contributed by atoms with Gasteiger partial charge in [0.25, 0.3) is 0 Å². The van der Waals surface area contributed by atoms with Crippen molar-refractivity contribution in [1.29, 1.82) is 0 Å². The van der Waals surface area contributed by atoms with Crippen molar-refractivity contribution in [3.05, 3.63) is 114 Å². The highest BCUT2D eigenvalue weighted by molar-refractivity contribution is 9.10. The number of rotatable bonds is 2. The van der Waals surface area contributed by atoms with Crippen LogP contribution in [0.5, 0.6) is 0 Å². The first-order valence-electron chi connectivity index (χ1n) is 11.0. The molecule has 0 amide bonds. The summed E-state index contributed by atoms with van der Waals surface area (Å²) in [6, 6.07) is 39.4. The standard InChI is InChI=1S/C30H18BrNS/c31-21-12-14-26-24(18-21)23-13-16-28-29(30(23)32(26)22-9-5-2-6-10-22)25-17-20(11-15-27(25)33-28)19-7-3-1-4-8-19/h1-18H. The number of hydrogen-bond donors (Lipinski definition) is 0. The molecule has 2 heterocycles. The molecule has 0 spiro atoms. The molecule has 3 heteroatoms. The minimum absolute atomic E-state index is 1.10. The van der Waals surface area contributed by atoms with Crippen LogP contribution >= 0.6 is 27.3 Å². The van der Waals surface area contributed by atoms with Crippen molar-refractivity contribution in [2.45, 2.75) is 0 Å². The fourth-order valence-electron chi connectivity index (χ4n) is 5.00. The van der Waals surface area contributed by atoms with E-state index in [4.69, 9.17) is 0 Å². The second-order valence-corrected chi connectivity index (χ2v) is 10.3. The fraction of sp³-hybridized carbons (Fsp3) is 0. The molecule has 0 bridgehead atoms. The first kappa shape index (κ1) is 19.1. The molecule has 0 aliphatic heterocycles. The zero-order valence-electron chi connectivity index (χ0n) is 17.6. The Kier molecular flexibility index (Phi) is 4.23. The molecule has 0 N–H and O–H groups in total. The smallest absolute Gasteiger partial charge is 0.0634 e. The minimum Gasteiger partial charge on any atom is -0.309 e. The van der Waals surface area contributed by atoms with E-state index in [-0.39, 0.29) is 0 Å². The molecular weight excluding hydrogens is 486 g/mol. The van der Waals surface area contributed by atoms with Gasteiger partial charge in [0.1, 0.15) is 0 Å². The molecule has 0 saturated heterocycles. The molecule has 0 fully saturated rings. The van der Waals surface area contributed by atoms with Crippen molar-refractivity contribution >= 4 is 69.2 Å². The van der Waals surface area contributed by atoms with Crippen LogP contribution in [0.4, 0.5) is 0 Å². The second kappa shape index (κ2) is 7.31. The van der Waals surface area contributed by atoms with Gasteiger partial charge in [-0.15, -0.1) is 11.3 Å². The number of hydrogen-bond acceptors (Lipinski definition) is 1. The largest absolute Gasteiger partial charge is 0.309 e. The number of thiophene rings is 1. The number of halogens is 1. The van der Waals surface area contributed by atoms with Crippen LogP contribution in [-0.2, 0) is 0 Å². The number of para-hydroxylation sites is 1. The Morgan fingerprint density at radius 1 is 0.576 bits per heavy atom. The van der Waals surface area contributed by atoms with E-state index < -0.39 is 0 Å². The Morgan fingerprint density at radius 3 is 2.15 bits per heavy atom. The monoisotopic (exact) mass is 503 g/mol. The molecule has 5 aromatic carbocycles. The summed E-state index contributed by atoms with van der Waals surface area (Å²) < 4.78 is 6.18. The summed E-state index contributed by atoms with van der Waals surface area (Å²) in [6.07, 6.45) is 0. The molecule has 0 atom stereocenters. The Bertz CT molecular complexity index is 1810. The zero-order chi connectivity index (χ0) is 21.9. The van der Waals surface area contributed by atoms with Crippen LogP contribution in [0.15, 0.2) is 114 Å². The molecule has 7 aromatic rings. The van der Waals surface area contributed by atoms with Gasteiger partial charge in [-0.1, -0.05) is 76.6 Å². The molecular formula is C30H18BrNS. The van der Waals surface area contributed by atoms with Gasteiger partial charge in [-0.05, 0) is 59.7 Å². The molecule has 0 aliphatic rings. The van der Waals surface area contributed by atoms with Gasteiger partial charge < -0.3 is 4.57 Å². The number of fused-ring (bicyclic) bond motifs is 7. The third-order valence-corrected chi connectivity index (χ3v) is 8.07. The van der Waals surface area contributed by atoms with E-state index in [1.807, 2.05) is 11.3 Å². The minimum atomic E-state index is 1.10. The van der Waals surface area contributed by atoms with Gasteiger partial charge >= 0.3 is 0 Å². The van der Waals surface area contributed by atoms with Crippen molar-refractivity contribution in [1.82, 2.24) is 4.57 Å². The van der Waals surface area contributed by atoms with Gasteiger partial charge in [0.15, 0.2) is 0 Å². The predicted octanol–water partition coefficient (Wildman–Crippen LogP) is 9.58. The van der Waals surface area contributed by atoms with Gasteiger partial charge in [-0.2, -0.15) is 0 Å². The second-order valence-electron chi connectivity index (χ2n) is 8.35. The van der Waals surface area contributed by atoms with Crippen LogP contribution in [-0.4, -0.2) is 4.57 Å². The third-order valence-electron chi connectivity index (χ3n) is 6.44. The molecule has 2 aromatic heterocycles. The average molecular weight is 504 g/mol. The molecule has 33 heavy (non-hydrogen) atoms. The fourth-order valence-corrected chi connectivity index (χ4v) is 6.45. The highest BCUT2D eigenvalue weighted by Crippen LogP contribution is 2.44. The Labute approximate surface area is 203 Å². The van der Waals surface area contributed by atoms with Crippen LogP contribution in [0.1, 0.15) is 0 Å². The normalized spacial score (nSPS) is 11.8. The first-order chi connectivity index (χ1) is 16.3. The van der Waals surface area contributed by atoms with Crippen LogP contribution in [0, 0.1) is 0 Å². The topological polar surface area (TPSA) is 4.93 Å². The molecule has 0 aliphatic carbocycles. The summed E-state index contributed by atoms with van der Waals surface area (Å²) in [5.41, 5.74) is 6.20. The first-order valence-corrected chi connectivity index (χ1v) is 12.6. The van der Waals surface area contributed by atoms with Crippen LogP contribution in [0.25, 0.3) is 58.8 Å². The number of benzene rings is 5. The summed E-state index contributed by atoms with van der Waals surface area (Å²) in [5, 5.41) is 5.21. The quantitative estimate of drug-likeness (QED) is 0.221. The summed E-state index contributed by atoms with van der Waals surface area (Å²) >= 11 is 5.57. The van der Waals surface area contributed by atoms with Crippen molar-refractivity contribution < 1.29 is 0 Å². The third kappa shape index (κ3) is 2.90. The summed E-state index contributed by atoms with van der Waals surface area (Å²) in [5.74, 6) is 0. The SMILES string of the molecule is Brc1ccc2c(c1)c1ccc3sc4ccc(-c5ccccc5)cc4c3c1n2-c1ccccc1. The van der Waals surface area contributed by atoms with Gasteiger partial charge in [0.05, 0.1) is 11.0 Å².